The van der Waals surface area contributed by atoms with Gasteiger partial charge in [0.2, 0.25) is 0 Å². The van der Waals surface area contributed by atoms with Gasteiger partial charge in [0.1, 0.15) is 11.4 Å². The lowest BCUT2D eigenvalue weighted by atomic mass is 10.1. The maximum Gasteiger partial charge on any atom is 0.120 e. The molecule has 1 heterocycles. The number of benzene rings is 1. The standard InChI is InChI=1S/C16H26N2O/c1-13(18-11-9-17-10-12-18)14-5-7-15(8-6-14)19-16(2,3)4/h5-8,13,17H,9-12H2,1-4H3/t13-/m1/s1. The fourth-order valence-electron chi connectivity index (χ4n) is 2.45. The first kappa shape index (κ1) is 14.4. The molecule has 1 N–H and O–H groups in total. The first-order valence-electron chi connectivity index (χ1n) is 7.19. The van der Waals surface area contributed by atoms with Gasteiger partial charge in [0, 0.05) is 32.2 Å². The van der Waals surface area contributed by atoms with E-state index in [0.717, 1.165) is 31.9 Å². The molecule has 1 aromatic carbocycles. The Kier molecular flexibility index (Phi) is 4.48. The maximum atomic E-state index is 5.86. The zero-order valence-corrected chi connectivity index (χ0v) is 12.6. The summed E-state index contributed by atoms with van der Waals surface area (Å²) in [5.74, 6) is 0.948. The molecule has 0 spiro atoms. The zero-order valence-electron chi connectivity index (χ0n) is 12.6. The Morgan fingerprint density at radius 2 is 1.68 bits per heavy atom. The van der Waals surface area contributed by atoms with Gasteiger partial charge in [-0.3, -0.25) is 4.90 Å². The number of nitrogens with zero attached hydrogens (tertiary/aromatic N) is 1. The van der Waals surface area contributed by atoms with Crippen LogP contribution < -0.4 is 10.1 Å². The van der Waals surface area contributed by atoms with E-state index in [1.165, 1.54) is 5.56 Å². The molecule has 1 aliphatic heterocycles. The maximum absolute atomic E-state index is 5.86. The molecule has 0 amide bonds. The molecular formula is C16H26N2O. The molecule has 0 bridgehead atoms. The van der Waals surface area contributed by atoms with Crippen molar-refractivity contribution in [2.75, 3.05) is 26.2 Å². The molecule has 0 radical (unpaired) electrons. The van der Waals surface area contributed by atoms with E-state index in [1.54, 1.807) is 0 Å². The van der Waals surface area contributed by atoms with Crippen molar-refractivity contribution in [3.05, 3.63) is 29.8 Å². The highest BCUT2D eigenvalue weighted by Crippen LogP contribution is 2.24. The highest BCUT2D eigenvalue weighted by molar-refractivity contribution is 5.29. The average Bonchev–Trinajstić information content (AvgIpc) is 2.38. The van der Waals surface area contributed by atoms with E-state index in [9.17, 15) is 0 Å². The molecule has 1 aliphatic rings. The van der Waals surface area contributed by atoms with E-state index in [1.807, 2.05) is 0 Å². The number of ether oxygens (including phenoxy) is 1. The van der Waals surface area contributed by atoms with Gasteiger partial charge < -0.3 is 10.1 Å². The summed E-state index contributed by atoms with van der Waals surface area (Å²) in [6, 6.07) is 9.02. The van der Waals surface area contributed by atoms with Crippen molar-refractivity contribution in [2.24, 2.45) is 0 Å². The monoisotopic (exact) mass is 262 g/mol. The lowest BCUT2D eigenvalue weighted by Gasteiger charge is -2.33. The van der Waals surface area contributed by atoms with Gasteiger partial charge in [-0.15, -0.1) is 0 Å². The van der Waals surface area contributed by atoms with Gasteiger partial charge in [-0.2, -0.15) is 0 Å². The van der Waals surface area contributed by atoms with E-state index in [2.05, 4.69) is 62.2 Å². The number of piperazine rings is 1. The fraction of sp³-hybridized carbons (Fsp3) is 0.625. The second kappa shape index (κ2) is 5.93. The van der Waals surface area contributed by atoms with Crippen molar-refractivity contribution < 1.29 is 4.74 Å². The van der Waals surface area contributed by atoms with Crippen molar-refractivity contribution >= 4 is 0 Å². The van der Waals surface area contributed by atoms with Crippen LogP contribution in [0.3, 0.4) is 0 Å². The molecule has 0 saturated carbocycles. The number of hydrogen-bond donors (Lipinski definition) is 1. The number of nitrogens with one attached hydrogen (secondary N) is 1. The number of rotatable bonds is 3. The molecule has 3 heteroatoms. The quantitative estimate of drug-likeness (QED) is 0.906. The Morgan fingerprint density at radius 3 is 2.21 bits per heavy atom. The predicted molar refractivity (Wildman–Crippen MR) is 79.7 cm³/mol. The minimum atomic E-state index is -0.133. The van der Waals surface area contributed by atoms with Crippen molar-refractivity contribution in [2.45, 2.75) is 39.3 Å². The van der Waals surface area contributed by atoms with Crippen LogP contribution in [0.1, 0.15) is 39.3 Å². The van der Waals surface area contributed by atoms with Crippen molar-refractivity contribution in [3.8, 4) is 5.75 Å². The van der Waals surface area contributed by atoms with Crippen LogP contribution in [-0.4, -0.2) is 36.7 Å². The van der Waals surface area contributed by atoms with Crippen LogP contribution in [0.4, 0.5) is 0 Å². The van der Waals surface area contributed by atoms with E-state index < -0.39 is 0 Å². The van der Waals surface area contributed by atoms with Gasteiger partial charge in [0.15, 0.2) is 0 Å². The van der Waals surface area contributed by atoms with Crippen LogP contribution >= 0.6 is 0 Å². The molecule has 106 valence electrons. The molecule has 19 heavy (non-hydrogen) atoms. The minimum absolute atomic E-state index is 0.133. The lowest BCUT2D eigenvalue weighted by molar-refractivity contribution is 0.130. The summed E-state index contributed by atoms with van der Waals surface area (Å²) in [5, 5.41) is 3.39. The van der Waals surface area contributed by atoms with Gasteiger partial charge in [0.25, 0.3) is 0 Å². The minimum Gasteiger partial charge on any atom is -0.488 e. The second-order valence-corrected chi connectivity index (χ2v) is 6.25. The second-order valence-electron chi connectivity index (χ2n) is 6.25. The molecule has 0 aromatic heterocycles. The van der Waals surface area contributed by atoms with Crippen molar-refractivity contribution in [3.63, 3.8) is 0 Å². The largest absolute Gasteiger partial charge is 0.488 e. The summed E-state index contributed by atoms with van der Waals surface area (Å²) in [6.07, 6.45) is 0. The van der Waals surface area contributed by atoms with Crippen LogP contribution in [0.25, 0.3) is 0 Å². The normalized spacial score (nSPS) is 19.2. The molecule has 1 fully saturated rings. The van der Waals surface area contributed by atoms with Crippen LogP contribution in [-0.2, 0) is 0 Å². The van der Waals surface area contributed by atoms with Crippen LogP contribution in [0.15, 0.2) is 24.3 Å². The summed E-state index contributed by atoms with van der Waals surface area (Å²) in [4.78, 5) is 2.52. The Labute approximate surface area is 116 Å². The van der Waals surface area contributed by atoms with E-state index in [0.29, 0.717) is 6.04 Å². The molecule has 0 unspecified atom stereocenters. The van der Waals surface area contributed by atoms with Crippen molar-refractivity contribution in [1.82, 2.24) is 10.2 Å². The van der Waals surface area contributed by atoms with Gasteiger partial charge >= 0.3 is 0 Å². The van der Waals surface area contributed by atoms with Gasteiger partial charge in [-0.1, -0.05) is 12.1 Å². The molecule has 1 aromatic rings. The van der Waals surface area contributed by atoms with E-state index in [4.69, 9.17) is 4.74 Å². The lowest BCUT2D eigenvalue weighted by Crippen LogP contribution is -2.44. The third-order valence-electron chi connectivity index (χ3n) is 3.49. The van der Waals surface area contributed by atoms with E-state index in [-0.39, 0.29) is 5.60 Å². The zero-order chi connectivity index (χ0) is 13.9. The molecule has 1 atom stereocenters. The Bertz CT molecular complexity index is 388. The van der Waals surface area contributed by atoms with Crippen molar-refractivity contribution in [1.29, 1.82) is 0 Å². The van der Waals surface area contributed by atoms with Gasteiger partial charge in [0.05, 0.1) is 0 Å². The van der Waals surface area contributed by atoms with E-state index >= 15 is 0 Å². The summed E-state index contributed by atoms with van der Waals surface area (Å²) in [7, 11) is 0. The Balaban J connectivity index is 2.01. The molecule has 2 rings (SSSR count). The number of hydrogen-bond acceptors (Lipinski definition) is 3. The average molecular weight is 262 g/mol. The van der Waals surface area contributed by atoms with Gasteiger partial charge in [-0.25, -0.2) is 0 Å². The third-order valence-corrected chi connectivity index (χ3v) is 3.49. The summed E-state index contributed by atoms with van der Waals surface area (Å²) in [6.45, 7) is 12.9. The van der Waals surface area contributed by atoms with Crippen LogP contribution in [0.2, 0.25) is 0 Å². The third kappa shape index (κ3) is 4.22. The highest BCUT2D eigenvalue weighted by Gasteiger charge is 2.18. The topological polar surface area (TPSA) is 24.5 Å². The SMILES string of the molecule is C[C@H](c1ccc(OC(C)(C)C)cc1)N1CCNCC1. The molecule has 0 aliphatic carbocycles. The van der Waals surface area contributed by atoms with Crippen LogP contribution in [0, 0.1) is 0 Å². The summed E-state index contributed by atoms with van der Waals surface area (Å²) in [5.41, 5.74) is 1.23. The fourth-order valence-corrected chi connectivity index (χ4v) is 2.45. The van der Waals surface area contributed by atoms with Crippen LogP contribution in [0.5, 0.6) is 5.75 Å². The molecular weight excluding hydrogens is 236 g/mol. The summed E-state index contributed by atoms with van der Waals surface area (Å²) >= 11 is 0. The van der Waals surface area contributed by atoms with Gasteiger partial charge in [-0.05, 0) is 45.4 Å². The Morgan fingerprint density at radius 1 is 1.11 bits per heavy atom. The highest BCUT2D eigenvalue weighted by atomic mass is 16.5. The first-order valence-corrected chi connectivity index (χ1v) is 7.19. The molecule has 1 saturated heterocycles. The smallest absolute Gasteiger partial charge is 0.120 e. The molecule has 3 nitrogen and oxygen atoms in total. The summed E-state index contributed by atoms with van der Waals surface area (Å²) < 4.78 is 5.86. The first-order chi connectivity index (χ1) is 8.96. The predicted octanol–water partition coefficient (Wildman–Crippen LogP) is 2.83. The Hall–Kier alpha value is -1.06.